The molecule has 0 aliphatic carbocycles. The van der Waals surface area contributed by atoms with Crippen molar-refractivity contribution in [1.82, 2.24) is 10.2 Å². The van der Waals surface area contributed by atoms with Gasteiger partial charge in [-0.25, -0.2) is 4.79 Å². The molecule has 3 aromatic rings. The summed E-state index contributed by atoms with van der Waals surface area (Å²) < 4.78 is 0. The lowest BCUT2D eigenvalue weighted by molar-refractivity contribution is -0.384. The fraction of sp³-hybridized carbons (Fsp3) is 0.231. The van der Waals surface area contributed by atoms with Crippen molar-refractivity contribution >= 4 is 23.3 Å². The molecular weight excluding hydrogens is 432 g/mol. The van der Waals surface area contributed by atoms with Crippen LogP contribution in [-0.2, 0) is 11.2 Å². The van der Waals surface area contributed by atoms with Crippen molar-refractivity contribution in [1.29, 1.82) is 0 Å². The lowest BCUT2D eigenvalue weighted by atomic mass is 10.1. The molecule has 0 radical (unpaired) electrons. The predicted octanol–water partition coefficient (Wildman–Crippen LogP) is 4.94. The van der Waals surface area contributed by atoms with Gasteiger partial charge < -0.3 is 15.5 Å². The lowest BCUT2D eigenvalue weighted by Gasteiger charge is -2.29. The summed E-state index contributed by atoms with van der Waals surface area (Å²) in [5, 5.41) is 16.6. The molecule has 3 rings (SSSR count). The van der Waals surface area contributed by atoms with E-state index in [0.717, 1.165) is 17.5 Å². The van der Waals surface area contributed by atoms with E-state index < -0.39 is 4.92 Å². The van der Waals surface area contributed by atoms with Gasteiger partial charge in [-0.1, -0.05) is 60.7 Å². The van der Waals surface area contributed by atoms with Crippen LogP contribution in [0.5, 0.6) is 0 Å². The quantitative estimate of drug-likeness (QED) is 0.330. The first-order valence-corrected chi connectivity index (χ1v) is 11.1. The molecule has 34 heavy (non-hydrogen) atoms. The summed E-state index contributed by atoms with van der Waals surface area (Å²) >= 11 is 0. The normalized spacial score (nSPS) is 11.3. The minimum Gasteiger partial charge on any atom is -0.356 e. The zero-order valence-electron chi connectivity index (χ0n) is 19.0. The third kappa shape index (κ3) is 7.16. The fourth-order valence-electron chi connectivity index (χ4n) is 3.55. The van der Waals surface area contributed by atoms with E-state index in [9.17, 15) is 19.7 Å². The average molecular weight is 461 g/mol. The Labute approximate surface area is 198 Å². The van der Waals surface area contributed by atoms with E-state index >= 15 is 0 Å². The highest BCUT2D eigenvalue weighted by Gasteiger charge is 2.22. The van der Waals surface area contributed by atoms with Crippen LogP contribution in [0.3, 0.4) is 0 Å². The van der Waals surface area contributed by atoms with Crippen molar-refractivity contribution in [3.63, 3.8) is 0 Å². The Kier molecular flexibility index (Phi) is 8.73. The SMILES string of the molecule is CC(c1ccccc1)N(CCC(=O)NCCc1ccccc1)C(=O)Nc1ccc([N+](=O)[O-])cc1. The molecule has 0 fully saturated rings. The van der Waals surface area contributed by atoms with Gasteiger partial charge in [-0.2, -0.15) is 0 Å². The number of nitro groups is 1. The molecule has 8 nitrogen and oxygen atoms in total. The number of benzene rings is 3. The number of nitrogens with zero attached hydrogens (tertiary/aromatic N) is 2. The highest BCUT2D eigenvalue weighted by atomic mass is 16.6. The first-order valence-electron chi connectivity index (χ1n) is 11.1. The number of anilines is 1. The van der Waals surface area contributed by atoms with E-state index in [2.05, 4.69) is 10.6 Å². The van der Waals surface area contributed by atoms with E-state index in [1.165, 1.54) is 24.3 Å². The standard InChI is InChI=1S/C26H28N4O4/c1-20(22-10-6-3-7-11-22)29(26(32)28-23-12-14-24(15-13-23)30(33)34)19-17-25(31)27-18-16-21-8-4-2-5-9-21/h2-15,20H,16-19H2,1H3,(H,27,31)(H,28,32). The molecule has 1 atom stereocenters. The third-order valence-electron chi connectivity index (χ3n) is 5.50. The number of carbonyl (C=O) groups excluding carboxylic acids is 2. The number of rotatable bonds is 10. The van der Waals surface area contributed by atoms with Gasteiger partial charge in [-0.05, 0) is 36.6 Å². The molecule has 0 spiro atoms. The number of urea groups is 1. The van der Waals surface area contributed by atoms with Crippen LogP contribution < -0.4 is 10.6 Å². The van der Waals surface area contributed by atoms with E-state index in [-0.39, 0.29) is 36.6 Å². The Bertz CT molecular complexity index is 1090. The molecular formula is C26H28N4O4. The molecule has 0 bridgehead atoms. The Morgan fingerprint density at radius 3 is 2.18 bits per heavy atom. The van der Waals surface area contributed by atoms with Gasteiger partial charge in [0.2, 0.25) is 5.91 Å². The summed E-state index contributed by atoms with van der Waals surface area (Å²) in [5.74, 6) is -0.135. The highest BCUT2D eigenvalue weighted by Crippen LogP contribution is 2.22. The molecule has 176 valence electrons. The summed E-state index contributed by atoms with van der Waals surface area (Å²) in [7, 11) is 0. The van der Waals surface area contributed by atoms with Crippen LogP contribution in [0.15, 0.2) is 84.9 Å². The summed E-state index contributed by atoms with van der Waals surface area (Å²) in [6, 6.07) is 24.4. The van der Waals surface area contributed by atoms with Crippen LogP contribution in [0.4, 0.5) is 16.2 Å². The van der Waals surface area contributed by atoms with Crippen LogP contribution in [0, 0.1) is 10.1 Å². The topological polar surface area (TPSA) is 105 Å². The van der Waals surface area contributed by atoms with Gasteiger partial charge in [0, 0.05) is 37.3 Å². The van der Waals surface area contributed by atoms with E-state index in [1.54, 1.807) is 4.90 Å². The molecule has 2 N–H and O–H groups in total. The monoisotopic (exact) mass is 460 g/mol. The van der Waals surface area contributed by atoms with Crippen LogP contribution in [0.1, 0.15) is 30.5 Å². The zero-order valence-corrected chi connectivity index (χ0v) is 19.0. The summed E-state index contributed by atoms with van der Waals surface area (Å²) in [6.45, 7) is 2.64. The lowest BCUT2D eigenvalue weighted by Crippen LogP contribution is -2.40. The maximum Gasteiger partial charge on any atom is 0.322 e. The molecule has 3 aromatic carbocycles. The number of amides is 3. The van der Waals surface area contributed by atoms with Crippen molar-refractivity contribution in [3.05, 3.63) is 106 Å². The van der Waals surface area contributed by atoms with Gasteiger partial charge in [0.05, 0.1) is 11.0 Å². The Balaban J connectivity index is 1.62. The second kappa shape index (κ2) is 12.2. The first kappa shape index (κ1) is 24.4. The minimum absolute atomic E-state index is 0.0558. The van der Waals surface area contributed by atoms with Gasteiger partial charge in [0.25, 0.3) is 5.69 Å². The summed E-state index contributed by atoms with van der Waals surface area (Å²) in [5.41, 5.74) is 2.46. The summed E-state index contributed by atoms with van der Waals surface area (Å²) in [4.78, 5) is 37.5. The second-order valence-corrected chi connectivity index (χ2v) is 7.85. The smallest absolute Gasteiger partial charge is 0.322 e. The molecule has 0 saturated carbocycles. The number of hydrogen-bond donors (Lipinski definition) is 2. The number of hydrogen-bond acceptors (Lipinski definition) is 4. The van der Waals surface area contributed by atoms with E-state index in [4.69, 9.17) is 0 Å². The van der Waals surface area contributed by atoms with Gasteiger partial charge in [-0.15, -0.1) is 0 Å². The highest BCUT2D eigenvalue weighted by molar-refractivity contribution is 5.90. The molecule has 0 heterocycles. The van der Waals surface area contributed by atoms with Crippen molar-refractivity contribution in [2.24, 2.45) is 0 Å². The maximum absolute atomic E-state index is 13.1. The number of nitro benzene ring substituents is 1. The first-order chi connectivity index (χ1) is 16.4. The molecule has 8 heteroatoms. The molecule has 0 aliphatic rings. The summed E-state index contributed by atoms with van der Waals surface area (Å²) in [6.07, 6.45) is 0.886. The van der Waals surface area contributed by atoms with Crippen LogP contribution in [0.2, 0.25) is 0 Å². The van der Waals surface area contributed by atoms with Crippen LogP contribution in [0.25, 0.3) is 0 Å². The van der Waals surface area contributed by atoms with Crippen molar-refractivity contribution < 1.29 is 14.5 Å². The fourth-order valence-corrected chi connectivity index (χ4v) is 3.55. The molecule has 1 unspecified atom stereocenters. The van der Waals surface area contributed by atoms with Crippen molar-refractivity contribution in [3.8, 4) is 0 Å². The number of non-ortho nitro benzene ring substituents is 1. The Morgan fingerprint density at radius 1 is 0.941 bits per heavy atom. The Morgan fingerprint density at radius 2 is 1.56 bits per heavy atom. The van der Waals surface area contributed by atoms with Gasteiger partial charge in [0.15, 0.2) is 0 Å². The largest absolute Gasteiger partial charge is 0.356 e. The Hall–Kier alpha value is -4.20. The third-order valence-corrected chi connectivity index (χ3v) is 5.50. The molecule has 0 aromatic heterocycles. The average Bonchev–Trinajstić information content (AvgIpc) is 2.85. The predicted molar refractivity (Wildman–Crippen MR) is 131 cm³/mol. The maximum atomic E-state index is 13.1. The molecule has 0 aliphatic heterocycles. The molecule has 0 saturated heterocycles. The number of nitrogens with one attached hydrogen (secondary N) is 2. The zero-order chi connectivity index (χ0) is 24.3. The van der Waals surface area contributed by atoms with E-state index in [1.807, 2.05) is 67.6 Å². The minimum atomic E-state index is -0.494. The second-order valence-electron chi connectivity index (χ2n) is 7.85. The van der Waals surface area contributed by atoms with Crippen LogP contribution in [-0.4, -0.2) is 34.9 Å². The van der Waals surface area contributed by atoms with Crippen molar-refractivity contribution in [2.45, 2.75) is 25.8 Å². The van der Waals surface area contributed by atoms with Gasteiger partial charge in [0.1, 0.15) is 0 Å². The van der Waals surface area contributed by atoms with Gasteiger partial charge in [-0.3, -0.25) is 14.9 Å². The molecule has 3 amide bonds. The van der Waals surface area contributed by atoms with E-state index in [0.29, 0.717) is 12.2 Å². The number of carbonyl (C=O) groups is 2. The van der Waals surface area contributed by atoms with Crippen molar-refractivity contribution in [2.75, 3.05) is 18.4 Å². The van der Waals surface area contributed by atoms with Gasteiger partial charge >= 0.3 is 6.03 Å². The van der Waals surface area contributed by atoms with Crippen LogP contribution >= 0.6 is 0 Å².